The smallest absolute Gasteiger partial charge is 0.0664 e. The molecule has 1 aliphatic carbocycles. The highest BCUT2D eigenvalue weighted by molar-refractivity contribution is 5.03. The number of rotatable bonds is 0. The summed E-state index contributed by atoms with van der Waals surface area (Å²) in [5.74, 6) is 5.73. The van der Waals surface area contributed by atoms with Crippen LogP contribution in [0.15, 0.2) is 0 Å². The van der Waals surface area contributed by atoms with Crippen molar-refractivity contribution in [2.24, 2.45) is 5.84 Å². The van der Waals surface area contributed by atoms with Crippen molar-refractivity contribution in [3.8, 4) is 0 Å². The molecule has 2 fully saturated rings. The Labute approximate surface area is 54.7 Å². The van der Waals surface area contributed by atoms with Crippen molar-refractivity contribution in [2.45, 2.75) is 18.4 Å². The average molecular weight is 128 g/mol. The van der Waals surface area contributed by atoms with E-state index in [4.69, 9.17) is 10.6 Å². The number of hydrazine groups is 1. The van der Waals surface area contributed by atoms with Crippen LogP contribution in [0.3, 0.4) is 0 Å². The van der Waals surface area contributed by atoms with E-state index in [1.807, 2.05) is 5.01 Å². The van der Waals surface area contributed by atoms with Gasteiger partial charge in [-0.05, 0) is 12.8 Å². The fourth-order valence-corrected chi connectivity index (χ4v) is 1.32. The molecule has 0 aromatic carbocycles. The summed E-state index contributed by atoms with van der Waals surface area (Å²) in [6, 6.07) is 0. The molecule has 0 amide bonds. The van der Waals surface area contributed by atoms with Gasteiger partial charge in [0.25, 0.3) is 0 Å². The van der Waals surface area contributed by atoms with Crippen molar-refractivity contribution >= 4 is 0 Å². The van der Waals surface area contributed by atoms with Gasteiger partial charge in [-0.1, -0.05) is 0 Å². The normalized spacial score (nSPS) is 33.0. The summed E-state index contributed by atoms with van der Waals surface area (Å²) in [5.41, 5.74) is 0.276. The van der Waals surface area contributed by atoms with Crippen LogP contribution in [-0.4, -0.2) is 30.3 Å². The molecule has 1 saturated carbocycles. The van der Waals surface area contributed by atoms with Gasteiger partial charge in [0.05, 0.1) is 18.8 Å². The molecule has 52 valence electrons. The van der Waals surface area contributed by atoms with Gasteiger partial charge in [0.2, 0.25) is 0 Å². The van der Waals surface area contributed by atoms with Crippen LogP contribution in [0.1, 0.15) is 12.8 Å². The molecule has 2 rings (SSSR count). The van der Waals surface area contributed by atoms with Gasteiger partial charge in [-0.3, -0.25) is 5.84 Å². The predicted molar refractivity (Wildman–Crippen MR) is 33.7 cm³/mol. The quantitative estimate of drug-likeness (QED) is 0.456. The number of nitrogens with two attached hydrogens (primary N) is 1. The van der Waals surface area contributed by atoms with Crippen LogP contribution in [0.4, 0.5) is 0 Å². The summed E-state index contributed by atoms with van der Waals surface area (Å²) in [6.07, 6.45) is 2.45. The zero-order chi connectivity index (χ0) is 6.32. The second-order valence-corrected chi connectivity index (χ2v) is 2.97. The largest absolute Gasteiger partial charge is 0.378 e. The summed E-state index contributed by atoms with van der Waals surface area (Å²) in [6.45, 7) is 2.56. The number of hydrogen-bond acceptors (Lipinski definition) is 3. The molecule has 2 N–H and O–H groups in total. The van der Waals surface area contributed by atoms with E-state index in [0.717, 1.165) is 19.8 Å². The molecule has 9 heavy (non-hydrogen) atoms. The lowest BCUT2D eigenvalue weighted by Crippen LogP contribution is -2.51. The first-order chi connectivity index (χ1) is 4.33. The zero-order valence-corrected chi connectivity index (χ0v) is 5.47. The Morgan fingerprint density at radius 1 is 1.44 bits per heavy atom. The molecule has 0 aromatic heterocycles. The second-order valence-electron chi connectivity index (χ2n) is 2.97. The maximum Gasteiger partial charge on any atom is 0.0664 e. The predicted octanol–water partition coefficient (Wildman–Crippen LogP) is -0.275. The minimum absolute atomic E-state index is 0.276. The maximum absolute atomic E-state index is 5.73. The van der Waals surface area contributed by atoms with Crippen LogP contribution in [0.25, 0.3) is 0 Å². The van der Waals surface area contributed by atoms with Crippen LogP contribution in [-0.2, 0) is 4.74 Å². The third kappa shape index (κ3) is 0.764. The molecule has 3 nitrogen and oxygen atoms in total. The third-order valence-electron chi connectivity index (χ3n) is 2.28. The SMILES string of the molecule is NN1CCOCC12CC2. The minimum atomic E-state index is 0.276. The summed E-state index contributed by atoms with van der Waals surface area (Å²) in [4.78, 5) is 0. The van der Waals surface area contributed by atoms with Crippen molar-refractivity contribution < 1.29 is 4.74 Å². The molecule has 0 bridgehead atoms. The van der Waals surface area contributed by atoms with Crippen molar-refractivity contribution in [1.82, 2.24) is 5.01 Å². The van der Waals surface area contributed by atoms with Crippen LogP contribution >= 0.6 is 0 Å². The molecular weight excluding hydrogens is 116 g/mol. The highest BCUT2D eigenvalue weighted by atomic mass is 16.5. The molecule has 0 radical (unpaired) electrons. The Balaban J connectivity index is 2.03. The fourth-order valence-electron chi connectivity index (χ4n) is 1.32. The van der Waals surface area contributed by atoms with Crippen LogP contribution in [0.5, 0.6) is 0 Å². The van der Waals surface area contributed by atoms with Gasteiger partial charge < -0.3 is 4.74 Å². The fraction of sp³-hybridized carbons (Fsp3) is 1.00. The van der Waals surface area contributed by atoms with Crippen molar-refractivity contribution in [1.29, 1.82) is 0 Å². The number of hydrogen-bond donors (Lipinski definition) is 1. The van der Waals surface area contributed by atoms with E-state index >= 15 is 0 Å². The Hall–Kier alpha value is -0.120. The highest BCUT2D eigenvalue weighted by Crippen LogP contribution is 2.41. The Morgan fingerprint density at radius 3 is 2.67 bits per heavy atom. The Bertz CT molecular complexity index is 122. The topological polar surface area (TPSA) is 38.5 Å². The molecule has 1 saturated heterocycles. The summed E-state index contributed by atoms with van der Waals surface area (Å²) in [5, 5.41) is 1.94. The first-order valence-electron chi connectivity index (χ1n) is 3.44. The molecule has 0 unspecified atom stereocenters. The van der Waals surface area contributed by atoms with E-state index in [1.54, 1.807) is 0 Å². The van der Waals surface area contributed by atoms with Gasteiger partial charge in [-0.25, -0.2) is 5.01 Å². The van der Waals surface area contributed by atoms with E-state index in [1.165, 1.54) is 12.8 Å². The van der Waals surface area contributed by atoms with Gasteiger partial charge in [0, 0.05) is 6.54 Å². The molecular formula is C6H12N2O. The second kappa shape index (κ2) is 1.68. The van der Waals surface area contributed by atoms with Crippen LogP contribution in [0, 0.1) is 0 Å². The number of morpholine rings is 1. The lowest BCUT2D eigenvalue weighted by Gasteiger charge is -2.31. The highest BCUT2D eigenvalue weighted by Gasteiger charge is 2.48. The molecule has 3 heteroatoms. The van der Waals surface area contributed by atoms with E-state index in [2.05, 4.69) is 0 Å². The van der Waals surface area contributed by atoms with Crippen molar-refractivity contribution in [3.05, 3.63) is 0 Å². The Morgan fingerprint density at radius 2 is 2.22 bits per heavy atom. The Kier molecular flexibility index (Phi) is 1.06. The summed E-state index contributed by atoms with van der Waals surface area (Å²) < 4.78 is 5.30. The molecule has 1 heterocycles. The van der Waals surface area contributed by atoms with Crippen LogP contribution in [0.2, 0.25) is 0 Å². The molecule has 0 aromatic rings. The van der Waals surface area contributed by atoms with E-state index in [9.17, 15) is 0 Å². The maximum atomic E-state index is 5.73. The number of nitrogens with zero attached hydrogens (tertiary/aromatic N) is 1. The standard InChI is InChI=1S/C6H12N2O/c7-8-3-4-9-5-6(8)1-2-6/h1-5,7H2. The van der Waals surface area contributed by atoms with E-state index in [-0.39, 0.29) is 5.54 Å². The third-order valence-corrected chi connectivity index (χ3v) is 2.28. The molecule has 1 spiro atoms. The first kappa shape index (κ1) is 5.65. The number of ether oxygens (including phenoxy) is 1. The van der Waals surface area contributed by atoms with Crippen LogP contribution < -0.4 is 5.84 Å². The van der Waals surface area contributed by atoms with Gasteiger partial charge in [-0.2, -0.15) is 0 Å². The molecule has 1 aliphatic heterocycles. The molecule has 0 atom stereocenters. The molecule has 2 aliphatic rings. The van der Waals surface area contributed by atoms with Crippen molar-refractivity contribution in [3.63, 3.8) is 0 Å². The van der Waals surface area contributed by atoms with Gasteiger partial charge in [0.15, 0.2) is 0 Å². The minimum Gasteiger partial charge on any atom is -0.378 e. The lowest BCUT2D eigenvalue weighted by molar-refractivity contribution is -0.0207. The van der Waals surface area contributed by atoms with Crippen molar-refractivity contribution in [2.75, 3.05) is 19.8 Å². The van der Waals surface area contributed by atoms with E-state index in [0.29, 0.717) is 0 Å². The lowest BCUT2D eigenvalue weighted by atomic mass is 10.2. The van der Waals surface area contributed by atoms with Gasteiger partial charge in [0.1, 0.15) is 0 Å². The van der Waals surface area contributed by atoms with Gasteiger partial charge in [-0.15, -0.1) is 0 Å². The monoisotopic (exact) mass is 128 g/mol. The summed E-state index contributed by atoms with van der Waals surface area (Å²) in [7, 11) is 0. The van der Waals surface area contributed by atoms with E-state index < -0.39 is 0 Å². The van der Waals surface area contributed by atoms with Gasteiger partial charge >= 0.3 is 0 Å². The average Bonchev–Trinajstić information content (AvgIpc) is 2.60. The zero-order valence-electron chi connectivity index (χ0n) is 5.47. The summed E-state index contributed by atoms with van der Waals surface area (Å²) >= 11 is 0. The first-order valence-corrected chi connectivity index (χ1v) is 3.44.